The fraction of sp³-hybridized carbons (Fsp3) is 0.762. The maximum absolute atomic E-state index is 5.49. The highest BCUT2D eigenvalue weighted by molar-refractivity contribution is 7.80. The van der Waals surface area contributed by atoms with Crippen LogP contribution >= 0.6 is 12.2 Å². The highest BCUT2D eigenvalue weighted by Crippen LogP contribution is 2.28. The number of piperidine rings is 2. The van der Waals surface area contributed by atoms with Gasteiger partial charge in [-0.05, 0) is 70.5 Å². The molecule has 2 fully saturated rings. The molecule has 0 amide bonds. The standard InChI is InChI=1S/C21H36N6S/c1-15-8-6-10-26(13-15)17-12-18(27-11-7-9-16(2)14-27)23-19(22-17)24-20(28)25-21(3,4)5/h12,15-16H,6-11,13-14H2,1-5H3,(H2,22,23,24,25,28). The van der Waals surface area contributed by atoms with Gasteiger partial charge in [-0.3, -0.25) is 0 Å². The van der Waals surface area contributed by atoms with E-state index in [1.165, 1.54) is 25.7 Å². The molecular formula is C21H36N6S. The zero-order chi connectivity index (χ0) is 20.3. The second kappa shape index (κ2) is 8.80. The normalized spacial score (nSPS) is 23.5. The van der Waals surface area contributed by atoms with Gasteiger partial charge in [-0.1, -0.05) is 13.8 Å². The summed E-state index contributed by atoms with van der Waals surface area (Å²) >= 11 is 5.49. The van der Waals surface area contributed by atoms with Crippen molar-refractivity contribution in [2.45, 2.75) is 65.8 Å². The van der Waals surface area contributed by atoms with Gasteiger partial charge in [-0.15, -0.1) is 0 Å². The molecule has 3 rings (SSSR count). The molecule has 2 aliphatic heterocycles. The third kappa shape index (κ3) is 5.93. The molecule has 0 saturated carbocycles. The Morgan fingerprint density at radius 3 is 1.93 bits per heavy atom. The van der Waals surface area contributed by atoms with Gasteiger partial charge in [0.05, 0.1) is 0 Å². The second-order valence-corrected chi connectivity index (χ2v) is 10.0. The van der Waals surface area contributed by atoms with E-state index in [0.717, 1.165) is 37.8 Å². The van der Waals surface area contributed by atoms with Gasteiger partial charge >= 0.3 is 0 Å². The Balaban J connectivity index is 1.86. The monoisotopic (exact) mass is 404 g/mol. The Hall–Kier alpha value is -1.63. The molecule has 2 atom stereocenters. The summed E-state index contributed by atoms with van der Waals surface area (Å²) in [4.78, 5) is 14.5. The van der Waals surface area contributed by atoms with E-state index in [-0.39, 0.29) is 5.54 Å². The van der Waals surface area contributed by atoms with Crippen molar-refractivity contribution >= 4 is 34.9 Å². The SMILES string of the molecule is CC1CCCN(c2cc(N3CCCC(C)C3)nc(NC(=S)NC(C)(C)C)n2)C1. The molecule has 2 unspecified atom stereocenters. The third-order valence-electron chi connectivity index (χ3n) is 5.37. The van der Waals surface area contributed by atoms with Crippen LogP contribution in [0.3, 0.4) is 0 Å². The topological polar surface area (TPSA) is 56.3 Å². The van der Waals surface area contributed by atoms with Gasteiger partial charge in [0.15, 0.2) is 5.11 Å². The minimum Gasteiger partial charge on any atom is -0.358 e. The Bertz CT molecular complexity index is 646. The predicted octanol–water partition coefficient (Wildman–Crippen LogP) is 4.03. The third-order valence-corrected chi connectivity index (χ3v) is 5.58. The Morgan fingerprint density at radius 1 is 1.00 bits per heavy atom. The molecule has 1 aromatic rings. The molecular weight excluding hydrogens is 368 g/mol. The van der Waals surface area contributed by atoms with Crippen LogP contribution in [-0.2, 0) is 0 Å². The lowest BCUT2D eigenvalue weighted by Crippen LogP contribution is -2.43. The molecule has 2 aliphatic rings. The first-order valence-corrected chi connectivity index (χ1v) is 11.1. The van der Waals surface area contributed by atoms with Crippen LogP contribution in [0.5, 0.6) is 0 Å². The van der Waals surface area contributed by atoms with Crippen LogP contribution in [0.25, 0.3) is 0 Å². The molecule has 0 radical (unpaired) electrons. The molecule has 0 spiro atoms. The van der Waals surface area contributed by atoms with Gasteiger partial charge in [-0.25, -0.2) is 0 Å². The van der Waals surface area contributed by atoms with Crippen LogP contribution in [0, 0.1) is 11.8 Å². The van der Waals surface area contributed by atoms with Crippen molar-refractivity contribution in [1.82, 2.24) is 15.3 Å². The fourth-order valence-electron chi connectivity index (χ4n) is 4.07. The van der Waals surface area contributed by atoms with Crippen LogP contribution in [0.2, 0.25) is 0 Å². The number of hydrogen-bond acceptors (Lipinski definition) is 5. The number of nitrogens with zero attached hydrogens (tertiary/aromatic N) is 4. The van der Waals surface area contributed by atoms with Gasteiger partial charge in [0, 0.05) is 37.8 Å². The molecule has 7 heteroatoms. The van der Waals surface area contributed by atoms with Crippen molar-refractivity contribution in [2.24, 2.45) is 11.8 Å². The predicted molar refractivity (Wildman–Crippen MR) is 122 cm³/mol. The summed E-state index contributed by atoms with van der Waals surface area (Å²) < 4.78 is 0. The lowest BCUT2D eigenvalue weighted by molar-refractivity contribution is 0.441. The van der Waals surface area contributed by atoms with Crippen molar-refractivity contribution in [3.63, 3.8) is 0 Å². The second-order valence-electron chi connectivity index (χ2n) is 9.62. The summed E-state index contributed by atoms with van der Waals surface area (Å²) in [6.07, 6.45) is 5.02. The van der Waals surface area contributed by atoms with Gasteiger partial charge in [0.1, 0.15) is 11.6 Å². The van der Waals surface area contributed by atoms with Crippen molar-refractivity contribution < 1.29 is 0 Å². The molecule has 0 aromatic carbocycles. The highest BCUT2D eigenvalue weighted by Gasteiger charge is 2.23. The van der Waals surface area contributed by atoms with Gasteiger partial charge in [-0.2, -0.15) is 9.97 Å². The van der Waals surface area contributed by atoms with Crippen LogP contribution < -0.4 is 20.4 Å². The molecule has 0 bridgehead atoms. The highest BCUT2D eigenvalue weighted by atomic mass is 32.1. The first-order chi connectivity index (χ1) is 13.2. The van der Waals surface area contributed by atoms with Crippen LogP contribution in [0.1, 0.15) is 60.3 Å². The molecule has 156 valence electrons. The maximum Gasteiger partial charge on any atom is 0.232 e. The largest absolute Gasteiger partial charge is 0.358 e. The van der Waals surface area contributed by atoms with E-state index in [2.05, 4.69) is 61.1 Å². The Labute approximate surface area is 175 Å². The summed E-state index contributed by atoms with van der Waals surface area (Å²) in [5.74, 6) is 4.00. The smallest absolute Gasteiger partial charge is 0.232 e. The summed E-state index contributed by atoms with van der Waals surface area (Å²) in [7, 11) is 0. The number of nitrogens with one attached hydrogen (secondary N) is 2. The fourth-order valence-corrected chi connectivity index (χ4v) is 4.47. The number of rotatable bonds is 3. The number of thiocarbonyl (C=S) groups is 1. The van der Waals surface area contributed by atoms with E-state index < -0.39 is 0 Å². The molecule has 28 heavy (non-hydrogen) atoms. The number of hydrogen-bond donors (Lipinski definition) is 2. The summed E-state index contributed by atoms with van der Waals surface area (Å²) in [5.41, 5.74) is -0.102. The van der Waals surface area contributed by atoms with E-state index in [4.69, 9.17) is 22.2 Å². The molecule has 1 aromatic heterocycles. The van der Waals surface area contributed by atoms with E-state index >= 15 is 0 Å². The van der Waals surface area contributed by atoms with E-state index in [1.54, 1.807) is 0 Å². The van der Waals surface area contributed by atoms with Crippen molar-refractivity contribution in [3.8, 4) is 0 Å². The molecule has 2 saturated heterocycles. The molecule has 0 aliphatic carbocycles. The first kappa shape index (κ1) is 21.1. The summed E-state index contributed by atoms with van der Waals surface area (Å²) in [5, 5.41) is 7.08. The zero-order valence-corrected chi connectivity index (χ0v) is 18.9. The van der Waals surface area contributed by atoms with Gasteiger partial charge in [0.2, 0.25) is 5.95 Å². The quantitative estimate of drug-likeness (QED) is 0.738. The average Bonchev–Trinajstić information content (AvgIpc) is 2.60. The van der Waals surface area contributed by atoms with E-state index in [0.29, 0.717) is 22.9 Å². The Morgan fingerprint density at radius 2 is 1.50 bits per heavy atom. The van der Waals surface area contributed by atoms with Crippen LogP contribution in [0.4, 0.5) is 17.6 Å². The van der Waals surface area contributed by atoms with Crippen molar-refractivity contribution in [1.29, 1.82) is 0 Å². The zero-order valence-electron chi connectivity index (χ0n) is 18.1. The van der Waals surface area contributed by atoms with Crippen molar-refractivity contribution in [2.75, 3.05) is 41.3 Å². The molecule has 6 nitrogen and oxygen atoms in total. The summed E-state index contributed by atoms with van der Waals surface area (Å²) in [6, 6.07) is 2.17. The number of anilines is 3. The van der Waals surface area contributed by atoms with Gasteiger partial charge in [0.25, 0.3) is 0 Å². The Kier molecular flexibility index (Phi) is 6.63. The van der Waals surface area contributed by atoms with Crippen LogP contribution in [-0.4, -0.2) is 46.8 Å². The minimum atomic E-state index is -0.102. The minimum absolute atomic E-state index is 0.102. The lowest BCUT2D eigenvalue weighted by Gasteiger charge is -2.35. The van der Waals surface area contributed by atoms with Crippen LogP contribution in [0.15, 0.2) is 6.07 Å². The molecule has 3 heterocycles. The number of aromatic nitrogens is 2. The summed E-state index contributed by atoms with van der Waals surface area (Å²) in [6.45, 7) is 15.1. The lowest BCUT2D eigenvalue weighted by atomic mass is 10.00. The average molecular weight is 405 g/mol. The van der Waals surface area contributed by atoms with E-state index in [1.807, 2.05) is 0 Å². The first-order valence-electron chi connectivity index (χ1n) is 10.7. The molecule has 2 N–H and O–H groups in total. The van der Waals surface area contributed by atoms with Crippen molar-refractivity contribution in [3.05, 3.63) is 6.07 Å². The van der Waals surface area contributed by atoms with E-state index in [9.17, 15) is 0 Å². The van der Waals surface area contributed by atoms with Gasteiger partial charge < -0.3 is 20.4 Å². The maximum atomic E-state index is 5.49.